The SMILES string of the molecule is CC(C)C1C(=O)NC(C)(C)C(=O)N1CC1CCOC1. The topological polar surface area (TPSA) is 58.6 Å². The zero-order chi connectivity index (χ0) is 14.2. The van der Waals surface area contributed by atoms with E-state index in [-0.39, 0.29) is 23.8 Å². The lowest BCUT2D eigenvalue weighted by Crippen LogP contribution is -2.69. The van der Waals surface area contributed by atoms with E-state index in [4.69, 9.17) is 4.74 Å². The normalized spacial score (nSPS) is 30.9. The average Bonchev–Trinajstić information content (AvgIpc) is 2.77. The third kappa shape index (κ3) is 2.76. The zero-order valence-electron chi connectivity index (χ0n) is 12.2. The number of ether oxygens (including phenoxy) is 1. The number of amides is 2. The Hall–Kier alpha value is -1.10. The molecule has 2 fully saturated rings. The molecule has 19 heavy (non-hydrogen) atoms. The molecule has 0 aromatic rings. The van der Waals surface area contributed by atoms with E-state index in [2.05, 4.69) is 5.32 Å². The van der Waals surface area contributed by atoms with E-state index in [9.17, 15) is 9.59 Å². The lowest BCUT2D eigenvalue weighted by molar-refractivity contribution is -0.156. The molecule has 0 bridgehead atoms. The van der Waals surface area contributed by atoms with Crippen molar-refractivity contribution in [2.45, 2.75) is 45.7 Å². The molecule has 2 saturated heterocycles. The summed E-state index contributed by atoms with van der Waals surface area (Å²) < 4.78 is 5.37. The van der Waals surface area contributed by atoms with E-state index < -0.39 is 5.54 Å². The lowest BCUT2D eigenvalue weighted by Gasteiger charge is -2.45. The summed E-state index contributed by atoms with van der Waals surface area (Å²) in [6, 6.07) is -0.360. The van der Waals surface area contributed by atoms with Gasteiger partial charge in [-0.15, -0.1) is 0 Å². The summed E-state index contributed by atoms with van der Waals surface area (Å²) in [5.41, 5.74) is -0.804. The monoisotopic (exact) mass is 268 g/mol. The predicted octanol–water partition coefficient (Wildman–Crippen LogP) is 0.785. The highest BCUT2D eigenvalue weighted by molar-refractivity contribution is 5.99. The Morgan fingerprint density at radius 1 is 1.42 bits per heavy atom. The predicted molar refractivity (Wildman–Crippen MR) is 71.5 cm³/mol. The standard InChI is InChI=1S/C14H24N2O3/c1-9(2)11-12(17)15-14(3,4)13(18)16(11)7-10-5-6-19-8-10/h9-11H,5-8H2,1-4H3,(H,15,17). The third-order valence-corrected chi connectivity index (χ3v) is 3.95. The summed E-state index contributed by atoms with van der Waals surface area (Å²) in [6.45, 7) is 9.57. The van der Waals surface area contributed by atoms with E-state index in [0.717, 1.165) is 13.0 Å². The fraction of sp³-hybridized carbons (Fsp3) is 0.857. The maximum atomic E-state index is 12.6. The van der Waals surface area contributed by atoms with E-state index in [1.807, 2.05) is 13.8 Å². The van der Waals surface area contributed by atoms with Crippen molar-refractivity contribution in [3.8, 4) is 0 Å². The molecule has 5 nitrogen and oxygen atoms in total. The second kappa shape index (κ2) is 5.12. The molecule has 2 unspecified atom stereocenters. The Kier molecular flexibility index (Phi) is 3.85. The van der Waals surface area contributed by atoms with Crippen molar-refractivity contribution >= 4 is 11.8 Å². The zero-order valence-corrected chi connectivity index (χ0v) is 12.2. The molecule has 2 aliphatic rings. The highest BCUT2D eigenvalue weighted by atomic mass is 16.5. The maximum absolute atomic E-state index is 12.6. The molecule has 0 aliphatic carbocycles. The maximum Gasteiger partial charge on any atom is 0.248 e. The number of hydrogen-bond donors (Lipinski definition) is 1. The van der Waals surface area contributed by atoms with E-state index >= 15 is 0 Å². The number of nitrogens with one attached hydrogen (secondary N) is 1. The molecular formula is C14H24N2O3. The van der Waals surface area contributed by atoms with Crippen LogP contribution in [0.3, 0.4) is 0 Å². The number of piperazine rings is 1. The first kappa shape index (κ1) is 14.3. The van der Waals surface area contributed by atoms with Crippen molar-refractivity contribution < 1.29 is 14.3 Å². The van der Waals surface area contributed by atoms with Gasteiger partial charge in [0.2, 0.25) is 11.8 Å². The second-order valence-corrected chi connectivity index (χ2v) is 6.49. The Morgan fingerprint density at radius 2 is 2.11 bits per heavy atom. The summed E-state index contributed by atoms with van der Waals surface area (Å²) in [6.07, 6.45) is 0.969. The molecule has 2 heterocycles. The van der Waals surface area contributed by atoms with Crippen LogP contribution in [0.25, 0.3) is 0 Å². The number of nitrogens with zero attached hydrogens (tertiary/aromatic N) is 1. The van der Waals surface area contributed by atoms with Gasteiger partial charge < -0.3 is 15.0 Å². The minimum absolute atomic E-state index is 0.0118. The minimum atomic E-state index is -0.804. The van der Waals surface area contributed by atoms with Crippen LogP contribution in [0.2, 0.25) is 0 Å². The molecule has 1 N–H and O–H groups in total. The van der Waals surface area contributed by atoms with Gasteiger partial charge in [0.05, 0.1) is 6.61 Å². The number of carbonyl (C=O) groups excluding carboxylic acids is 2. The van der Waals surface area contributed by atoms with Crippen LogP contribution in [0.15, 0.2) is 0 Å². The van der Waals surface area contributed by atoms with Gasteiger partial charge in [0.15, 0.2) is 0 Å². The van der Waals surface area contributed by atoms with Gasteiger partial charge in [-0.25, -0.2) is 0 Å². The number of rotatable bonds is 3. The summed E-state index contributed by atoms with van der Waals surface area (Å²) in [5.74, 6) is 0.436. The van der Waals surface area contributed by atoms with Crippen LogP contribution in [0.5, 0.6) is 0 Å². The van der Waals surface area contributed by atoms with Crippen molar-refractivity contribution in [2.24, 2.45) is 11.8 Å². The second-order valence-electron chi connectivity index (χ2n) is 6.49. The molecule has 2 aliphatic heterocycles. The van der Waals surface area contributed by atoms with E-state index in [1.54, 1.807) is 18.7 Å². The number of carbonyl (C=O) groups is 2. The van der Waals surface area contributed by atoms with Crippen LogP contribution < -0.4 is 5.32 Å². The van der Waals surface area contributed by atoms with Gasteiger partial charge in [-0.2, -0.15) is 0 Å². The summed E-state index contributed by atoms with van der Waals surface area (Å²) in [7, 11) is 0. The van der Waals surface area contributed by atoms with Crippen LogP contribution in [-0.4, -0.2) is 48.1 Å². The highest BCUT2D eigenvalue weighted by Gasteiger charge is 2.46. The molecule has 0 radical (unpaired) electrons. The largest absolute Gasteiger partial charge is 0.381 e. The molecule has 2 amide bonds. The van der Waals surface area contributed by atoms with Crippen molar-refractivity contribution in [3.05, 3.63) is 0 Å². The molecule has 2 atom stereocenters. The van der Waals surface area contributed by atoms with Gasteiger partial charge in [-0.1, -0.05) is 13.8 Å². The van der Waals surface area contributed by atoms with Crippen LogP contribution in [-0.2, 0) is 14.3 Å². The first-order chi connectivity index (χ1) is 8.83. The molecule has 0 saturated carbocycles. The highest BCUT2D eigenvalue weighted by Crippen LogP contribution is 2.25. The fourth-order valence-electron chi connectivity index (χ4n) is 2.93. The number of hydrogen-bond acceptors (Lipinski definition) is 3. The van der Waals surface area contributed by atoms with E-state index in [0.29, 0.717) is 19.1 Å². The van der Waals surface area contributed by atoms with Crippen molar-refractivity contribution in [1.82, 2.24) is 10.2 Å². The van der Waals surface area contributed by atoms with Crippen LogP contribution in [0, 0.1) is 11.8 Å². The minimum Gasteiger partial charge on any atom is -0.381 e. The fourth-order valence-corrected chi connectivity index (χ4v) is 2.93. The van der Waals surface area contributed by atoms with Crippen LogP contribution in [0.4, 0.5) is 0 Å². The van der Waals surface area contributed by atoms with Crippen molar-refractivity contribution in [1.29, 1.82) is 0 Å². The van der Waals surface area contributed by atoms with Gasteiger partial charge in [-0.3, -0.25) is 9.59 Å². The molecular weight excluding hydrogens is 244 g/mol. The van der Waals surface area contributed by atoms with Gasteiger partial charge in [-0.05, 0) is 26.2 Å². The first-order valence-electron chi connectivity index (χ1n) is 7.04. The Labute approximate surface area is 114 Å². The Morgan fingerprint density at radius 3 is 2.63 bits per heavy atom. The summed E-state index contributed by atoms with van der Waals surface area (Å²) in [5, 5.41) is 2.83. The van der Waals surface area contributed by atoms with E-state index in [1.165, 1.54) is 0 Å². The first-order valence-corrected chi connectivity index (χ1v) is 7.04. The Balaban J connectivity index is 2.20. The molecule has 108 valence electrons. The summed E-state index contributed by atoms with van der Waals surface area (Å²) >= 11 is 0. The molecule has 0 spiro atoms. The summed E-state index contributed by atoms with van der Waals surface area (Å²) in [4.78, 5) is 26.6. The molecule has 2 rings (SSSR count). The average molecular weight is 268 g/mol. The van der Waals surface area contributed by atoms with Gasteiger partial charge >= 0.3 is 0 Å². The van der Waals surface area contributed by atoms with Crippen molar-refractivity contribution in [3.63, 3.8) is 0 Å². The van der Waals surface area contributed by atoms with Crippen LogP contribution in [0.1, 0.15) is 34.1 Å². The Bertz CT molecular complexity index is 373. The quantitative estimate of drug-likeness (QED) is 0.823. The lowest BCUT2D eigenvalue weighted by atomic mass is 9.90. The van der Waals surface area contributed by atoms with Crippen molar-refractivity contribution in [2.75, 3.05) is 19.8 Å². The van der Waals surface area contributed by atoms with Gasteiger partial charge in [0.25, 0.3) is 0 Å². The molecule has 0 aromatic heterocycles. The molecule has 0 aromatic carbocycles. The third-order valence-electron chi connectivity index (χ3n) is 3.95. The molecule has 5 heteroatoms. The smallest absolute Gasteiger partial charge is 0.248 e. The van der Waals surface area contributed by atoms with Gasteiger partial charge in [0, 0.05) is 19.1 Å². The van der Waals surface area contributed by atoms with Gasteiger partial charge in [0.1, 0.15) is 11.6 Å². The van der Waals surface area contributed by atoms with Crippen LogP contribution >= 0.6 is 0 Å².